The number of esters is 1. The van der Waals surface area contributed by atoms with Crippen LogP contribution in [0.5, 0.6) is 0 Å². The van der Waals surface area contributed by atoms with Crippen LogP contribution in [0.4, 0.5) is 5.69 Å². The quantitative estimate of drug-likeness (QED) is 0.287. The molecule has 2 aromatic heterocycles. The molecule has 1 amide bonds. The zero-order valence-electron chi connectivity index (χ0n) is 17.9. The number of hydrogen-bond donors (Lipinski definition) is 1. The van der Waals surface area contributed by atoms with Gasteiger partial charge in [0.05, 0.1) is 46.0 Å². The molecule has 0 aliphatic rings. The summed E-state index contributed by atoms with van der Waals surface area (Å²) in [5.41, 5.74) is 0.493. The van der Waals surface area contributed by atoms with Crippen LogP contribution in [0.1, 0.15) is 43.3 Å². The van der Waals surface area contributed by atoms with E-state index in [4.69, 9.17) is 9.15 Å². The number of hydrogen-bond acceptors (Lipinski definition) is 8. The van der Waals surface area contributed by atoms with Crippen LogP contribution in [0.15, 0.2) is 46.2 Å². The molecule has 32 heavy (non-hydrogen) atoms. The lowest BCUT2D eigenvalue weighted by Gasteiger charge is -2.19. The molecule has 9 nitrogen and oxygen atoms in total. The van der Waals surface area contributed by atoms with E-state index in [1.165, 1.54) is 29.5 Å². The van der Waals surface area contributed by atoms with Crippen molar-refractivity contribution in [2.45, 2.75) is 45.8 Å². The number of nitro benzene ring substituents is 1. The van der Waals surface area contributed by atoms with Crippen LogP contribution in [0.25, 0.3) is 10.8 Å². The van der Waals surface area contributed by atoms with E-state index in [-0.39, 0.29) is 30.2 Å². The smallest absolute Gasteiger partial charge is 0.308 e. The van der Waals surface area contributed by atoms with Gasteiger partial charge in [-0.2, -0.15) is 0 Å². The van der Waals surface area contributed by atoms with Crippen molar-refractivity contribution in [2.75, 3.05) is 0 Å². The molecule has 2 heterocycles. The van der Waals surface area contributed by atoms with Gasteiger partial charge in [-0.3, -0.25) is 19.7 Å². The van der Waals surface area contributed by atoms with Crippen molar-refractivity contribution in [3.63, 3.8) is 0 Å². The lowest BCUT2D eigenvalue weighted by Crippen LogP contribution is -2.32. The van der Waals surface area contributed by atoms with Crippen LogP contribution in [-0.2, 0) is 20.7 Å². The fraction of sp³-hybridized carbons (Fsp3) is 0.318. The molecule has 0 fully saturated rings. The van der Waals surface area contributed by atoms with Crippen LogP contribution in [-0.4, -0.2) is 27.9 Å². The van der Waals surface area contributed by atoms with Crippen molar-refractivity contribution in [1.82, 2.24) is 10.3 Å². The van der Waals surface area contributed by atoms with Crippen molar-refractivity contribution >= 4 is 28.9 Å². The van der Waals surface area contributed by atoms with E-state index < -0.39 is 22.8 Å². The van der Waals surface area contributed by atoms with Gasteiger partial charge in [0.15, 0.2) is 0 Å². The fourth-order valence-electron chi connectivity index (χ4n) is 3.16. The summed E-state index contributed by atoms with van der Waals surface area (Å²) < 4.78 is 10.8. The number of para-hydroxylation sites is 1. The molecule has 0 saturated carbocycles. The number of aryl methyl sites for hydroxylation is 1. The standard InChI is InChI=1S/C22H23N3O6S/c1-13(2)30-21(27)12-17(15-7-4-5-8-18(15)25(28)29)23-20(26)11-16-14(3)31-22(24-16)19-9-6-10-32-19/h4-10,13,17H,11-12H2,1-3H3,(H,23,26). The Morgan fingerprint density at radius 3 is 2.66 bits per heavy atom. The van der Waals surface area contributed by atoms with E-state index in [9.17, 15) is 19.7 Å². The normalized spacial score (nSPS) is 11.9. The van der Waals surface area contributed by atoms with Crippen LogP contribution in [0.3, 0.4) is 0 Å². The van der Waals surface area contributed by atoms with Crippen molar-refractivity contribution in [1.29, 1.82) is 0 Å². The summed E-state index contributed by atoms with van der Waals surface area (Å²) in [6.45, 7) is 5.12. The molecule has 168 valence electrons. The Bertz CT molecular complexity index is 1110. The van der Waals surface area contributed by atoms with Crippen LogP contribution < -0.4 is 5.32 Å². The number of amides is 1. The van der Waals surface area contributed by atoms with Crippen LogP contribution in [0.2, 0.25) is 0 Å². The van der Waals surface area contributed by atoms with E-state index in [1.807, 2.05) is 17.5 Å². The summed E-state index contributed by atoms with van der Waals surface area (Å²) in [7, 11) is 0. The van der Waals surface area contributed by atoms with Gasteiger partial charge in [-0.1, -0.05) is 24.3 Å². The lowest BCUT2D eigenvalue weighted by atomic mass is 10.0. The molecule has 1 N–H and O–H groups in total. The van der Waals surface area contributed by atoms with Gasteiger partial charge in [-0.15, -0.1) is 11.3 Å². The maximum Gasteiger partial charge on any atom is 0.308 e. The predicted molar refractivity (Wildman–Crippen MR) is 118 cm³/mol. The Balaban J connectivity index is 1.81. The van der Waals surface area contributed by atoms with E-state index in [2.05, 4.69) is 10.3 Å². The highest BCUT2D eigenvalue weighted by molar-refractivity contribution is 7.13. The van der Waals surface area contributed by atoms with Gasteiger partial charge >= 0.3 is 5.97 Å². The third-order valence-corrected chi connectivity index (χ3v) is 5.39. The molecule has 0 aliphatic heterocycles. The van der Waals surface area contributed by atoms with Gasteiger partial charge in [0, 0.05) is 6.07 Å². The Morgan fingerprint density at radius 2 is 2.00 bits per heavy atom. The molecule has 3 aromatic rings. The molecule has 0 saturated heterocycles. The molecule has 10 heteroatoms. The topological polar surface area (TPSA) is 125 Å². The maximum atomic E-state index is 12.8. The highest BCUT2D eigenvalue weighted by Crippen LogP contribution is 2.29. The summed E-state index contributed by atoms with van der Waals surface area (Å²) >= 11 is 1.47. The second-order valence-electron chi connectivity index (χ2n) is 7.35. The number of nitro groups is 1. The van der Waals surface area contributed by atoms with Gasteiger partial charge in [0.2, 0.25) is 11.8 Å². The molecule has 0 aliphatic carbocycles. The summed E-state index contributed by atoms with van der Waals surface area (Å²) in [4.78, 5) is 41.3. The molecular formula is C22H23N3O6S. The van der Waals surface area contributed by atoms with E-state index in [0.29, 0.717) is 17.3 Å². The highest BCUT2D eigenvalue weighted by atomic mass is 32.1. The Morgan fingerprint density at radius 1 is 1.25 bits per heavy atom. The number of carbonyl (C=O) groups is 2. The number of benzene rings is 1. The number of aromatic nitrogens is 1. The first kappa shape index (κ1) is 23.1. The van der Waals surface area contributed by atoms with Crippen molar-refractivity contribution in [3.8, 4) is 10.8 Å². The lowest BCUT2D eigenvalue weighted by molar-refractivity contribution is -0.385. The third-order valence-electron chi connectivity index (χ3n) is 4.53. The van der Waals surface area contributed by atoms with Crippen molar-refractivity contribution in [2.24, 2.45) is 0 Å². The van der Waals surface area contributed by atoms with Gasteiger partial charge in [-0.05, 0) is 32.2 Å². The second kappa shape index (κ2) is 10.2. The molecule has 1 atom stereocenters. The number of nitrogens with zero attached hydrogens (tertiary/aromatic N) is 2. The van der Waals surface area contributed by atoms with E-state index in [1.54, 1.807) is 26.8 Å². The van der Waals surface area contributed by atoms with Crippen molar-refractivity contribution < 1.29 is 23.7 Å². The molecule has 1 unspecified atom stereocenters. The first-order valence-corrected chi connectivity index (χ1v) is 10.8. The number of rotatable bonds is 9. The minimum atomic E-state index is -0.931. The molecule has 0 bridgehead atoms. The summed E-state index contributed by atoms with van der Waals surface area (Å²) in [5, 5.41) is 16.1. The first-order chi connectivity index (χ1) is 15.2. The van der Waals surface area contributed by atoms with Gasteiger partial charge in [0.25, 0.3) is 5.69 Å². The number of carbonyl (C=O) groups excluding carboxylic acids is 2. The van der Waals surface area contributed by atoms with Gasteiger partial charge in [0.1, 0.15) is 5.76 Å². The van der Waals surface area contributed by atoms with E-state index >= 15 is 0 Å². The SMILES string of the molecule is Cc1oc(-c2cccs2)nc1CC(=O)NC(CC(=O)OC(C)C)c1ccccc1[N+](=O)[O-]. The monoisotopic (exact) mass is 457 g/mol. The van der Waals surface area contributed by atoms with Crippen LogP contribution in [0, 0.1) is 17.0 Å². The largest absolute Gasteiger partial charge is 0.463 e. The number of ether oxygens (including phenoxy) is 1. The fourth-order valence-corrected chi connectivity index (χ4v) is 3.81. The molecular weight excluding hydrogens is 434 g/mol. The zero-order chi connectivity index (χ0) is 23.3. The summed E-state index contributed by atoms with van der Waals surface area (Å²) in [6, 6.07) is 8.80. The number of thiophene rings is 1. The Hall–Kier alpha value is -3.53. The minimum absolute atomic E-state index is 0.100. The number of nitrogens with one attached hydrogen (secondary N) is 1. The zero-order valence-corrected chi connectivity index (χ0v) is 18.7. The Kier molecular flexibility index (Phi) is 7.37. The third kappa shape index (κ3) is 5.79. The number of oxazole rings is 1. The molecule has 1 aromatic carbocycles. The van der Waals surface area contributed by atoms with Gasteiger partial charge < -0.3 is 14.5 Å². The molecule has 3 rings (SSSR count). The summed E-state index contributed by atoms with van der Waals surface area (Å²) in [5.74, 6) is -0.0817. The average molecular weight is 458 g/mol. The summed E-state index contributed by atoms with van der Waals surface area (Å²) in [6.07, 6.45) is -0.692. The predicted octanol–water partition coefficient (Wildman–Crippen LogP) is 4.36. The molecule has 0 spiro atoms. The molecule has 0 radical (unpaired) electrons. The minimum Gasteiger partial charge on any atom is -0.463 e. The van der Waals surface area contributed by atoms with Crippen molar-refractivity contribution in [3.05, 3.63) is 68.9 Å². The van der Waals surface area contributed by atoms with E-state index in [0.717, 1.165) is 4.88 Å². The second-order valence-corrected chi connectivity index (χ2v) is 8.30. The highest BCUT2D eigenvalue weighted by Gasteiger charge is 2.27. The van der Waals surface area contributed by atoms with Crippen LogP contribution >= 0.6 is 11.3 Å². The average Bonchev–Trinajstić information content (AvgIpc) is 3.37. The van der Waals surface area contributed by atoms with Gasteiger partial charge in [-0.25, -0.2) is 4.98 Å². The maximum absolute atomic E-state index is 12.8. The first-order valence-electron chi connectivity index (χ1n) is 9.97. The Labute approximate surface area is 188 Å².